The van der Waals surface area contributed by atoms with Crippen LogP contribution in [0, 0.1) is 0 Å². The Bertz CT molecular complexity index is 927. The highest BCUT2D eigenvalue weighted by Gasteiger charge is 2.43. The molecule has 0 bridgehead atoms. The second-order valence-corrected chi connectivity index (χ2v) is 8.61. The van der Waals surface area contributed by atoms with E-state index in [0.717, 1.165) is 13.0 Å². The number of benzene rings is 2. The van der Waals surface area contributed by atoms with Crippen LogP contribution in [-0.4, -0.2) is 35.6 Å². The third kappa shape index (κ3) is 2.98. The van der Waals surface area contributed by atoms with Crippen molar-refractivity contribution in [3.05, 3.63) is 42.0 Å². The van der Waals surface area contributed by atoms with E-state index in [2.05, 4.69) is 55.7 Å². The molecule has 4 nitrogen and oxygen atoms in total. The Morgan fingerprint density at radius 1 is 1.08 bits per heavy atom. The highest BCUT2D eigenvalue weighted by atomic mass is 32.2. The Labute approximate surface area is 143 Å². The van der Waals surface area contributed by atoms with E-state index in [0.29, 0.717) is 6.42 Å². The summed E-state index contributed by atoms with van der Waals surface area (Å²) in [6, 6.07) is 12.7. The lowest BCUT2D eigenvalue weighted by molar-refractivity contribution is -0.438. The molecule has 0 aromatic heterocycles. The van der Waals surface area contributed by atoms with Crippen LogP contribution < -0.4 is 0 Å². The highest BCUT2D eigenvalue weighted by molar-refractivity contribution is 7.85. The quantitative estimate of drug-likeness (QED) is 0.507. The molecule has 0 amide bonds. The topological polar surface area (TPSA) is 57.4 Å². The molecule has 0 spiro atoms. The summed E-state index contributed by atoms with van der Waals surface area (Å²) < 4.78 is 33.0. The molecule has 1 heterocycles. The van der Waals surface area contributed by atoms with Gasteiger partial charge in [-0.3, -0.25) is 4.55 Å². The van der Waals surface area contributed by atoms with Gasteiger partial charge in [-0.05, 0) is 31.7 Å². The SMILES string of the molecule is CC1=[N+](CCCCS(=O)(=O)O)c2c(ccc3ccccc23)C1(C)C. The fourth-order valence-corrected chi connectivity index (χ4v) is 4.15. The Morgan fingerprint density at radius 3 is 2.50 bits per heavy atom. The average molecular weight is 346 g/mol. The molecule has 0 aliphatic carbocycles. The van der Waals surface area contributed by atoms with E-state index in [4.69, 9.17) is 4.55 Å². The van der Waals surface area contributed by atoms with Crippen molar-refractivity contribution < 1.29 is 17.5 Å². The molecule has 128 valence electrons. The zero-order chi connectivity index (χ0) is 17.5. The first-order valence-corrected chi connectivity index (χ1v) is 9.92. The number of hydrogen-bond acceptors (Lipinski definition) is 2. The van der Waals surface area contributed by atoms with Gasteiger partial charge in [-0.25, -0.2) is 0 Å². The maximum Gasteiger partial charge on any atom is 0.264 e. The minimum Gasteiger partial charge on any atom is -0.286 e. The first-order valence-electron chi connectivity index (χ1n) is 8.31. The molecule has 1 aliphatic heterocycles. The first kappa shape index (κ1) is 17.1. The van der Waals surface area contributed by atoms with Crippen LogP contribution in [0.4, 0.5) is 5.69 Å². The summed E-state index contributed by atoms with van der Waals surface area (Å²) in [5.74, 6) is -0.175. The molecule has 24 heavy (non-hydrogen) atoms. The zero-order valence-electron chi connectivity index (χ0n) is 14.4. The van der Waals surface area contributed by atoms with Gasteiger partial charge in [0.15, 0.2) is 5.71 Å². The number of hydrogen-bond donors (Lipinski definition) is 1. The van der Waals surface area contributed by atoms with Gasteiger partial charge in [0.05, 0.1) is 16.6 Å². The standard InChI is InChI=1S/C19H23NO3S/c1-14-19(2,3)17-11-10-15-8-4-5-9-16(15)18(17)20(14)12-6-7-13-24(21,22)23/h4-5,8-11H,6-7,12-13H2,1-3H3/p+1. The van der Waals surface area contributed by atoms with Crippen LogP contribution in [0.25, 0.3) is 10.8 Å². The van der Waals surface area contributed by atoms with Crippen LogP contribution in [0.3, 0.4) is 0 Å². The lowest BCUT2D eigenvalue weighted by Crippen LogP contribution is -2.26. The molecular weight excluding hydrogens is 322 g/mol. The lowest BCUT2D eigenvalue weighted by atomic mass is 9.81. The van der Waals surface area contributed by atoms with Gasteiger partial charge < -0.3 is 0 Å². The fraction of sp³-hybridized carbons (Fsp3) is 0.421. The van der Waals surface area contributed by atoms with E-state index in [1.807, 2.05) is 6.07 Å². The summed E-state index contributed by atoms with van der Waals surface area (Å²) in [7, 11) is -3.88. The Kier molecular flexibility index (Phi) is 4.26. The van der Waals surface area contributed by atoms with E-state index in [-0.39, 0.29) is 11.2 Å². The first-order chi connectivity index (χ1) is 11.2. The number of unbranched alkanes of at least 4 members (excludes halogenated alkanes) is 1. The Balaban J connectivity index is 1.98. The average Bonchev–Trinajstić information content (AvgIpc) is 2.71. The fourth-order valence-electron chi connectivity index (χ4n) is 3.58. The van der Waals surface area contributed by atoms with E-state index in [9.17, 15) is 8.42 Å². The van der Waals surface area contributed by atoms with Crippen LogP contribution in [0.1, 0.15) is 39.2 Å². The summed E-state index contributed by atoms with van der Waals surface area (Å²) in [5, 5.41) is 2.44. The van der Waals surface area contributed by atoms with E-state index in [1.54, 1.807) is 0 Å². The predicted octanol–water partition coefficient (Wildman–Crippen LogP) is 3.90. The second-order valence-electron chi connectivity index (χ2n) is 7.04. The zero-order valence-corrected chi connectivity index (χ0v) is 15.2. The van der Waals surface area contributed by atoms with Gasteiger partial charge in [0.2, 0.25) is 5.69 Å². The maximum atomic E-state index is 10.9. The summed E-state index contributed by atoms with van der Waals surface area (Å²) >= 11 is 0. The van der Waals surface area contributed by atoms with Gasteiger partial charge >= 0.3 is 0 Å². The normalized spacial score (nSPS) is 16.7. The molecule has 0 radical (unpaired) electrons. The molecular formula is C19H24NO3S+. The van der Waals surface area contributed by atoms with Crippen molar-refractivity contribution in [3.8, 4) is 0 Å². The van der Waals surface area contributed by atoms with Crippen molar-refractivity contribution in [2.75, 3.05) is 12.3 Å². The highest BCUT2D eigenvalue weighted by Crippen LogP contribution is 2.43. The number of nitrogens with zero attached hydrogens (tertiary/aromatic N) is 1. The third-order valence-electron chi connectivity index (χ3n) is 5.19. The van der Waals surface area contributed by atoms with Crippen molar-refractivity contribution in [3.63, 3.8) is 0 Å². The maximum absolute atomic E-state index is 10.9. The van der Waals surface area contributed by atoms with Crippen molar-refractivity contribution in [1.82, 2.24) is 0 Å². The number of rotatable bonds is 5. The molecule has 1 N–H and O–H groups in total. The summed E-state index contributed by atoms with van der Waals surface area (Å²) in [6.07, 6.45) is 1.18. The van der Waals surface area contributed by atoms with E-state index < -0.39 is 10.1 Å². The van der Waals surface area contributed by atoms with E-state index in [1.165, 1.54) is 27.7 Å². The number of fused-ring (bicyclic) bond motifs is 3. The van der Waals surface area contributed by atoms with Crippen LogP contribution in [0.15, 0.2) is 36.4 Å². The van der Waals surface area contributed by atoms with Gasteiger partial charge in [-0.15, -0.1) is 0 Å². The third-order valence-corrected chi connectivity index (χ3v) is 5.99. The molecule has 2 aromatic rings. The van der Waals surface area contributed by atoms with Crippen LogP contribution in [-0.2, 0) is 15.5 Å². The second kappa shape index (κ2) is 5.97. The van der Waals surface area contributed by atoms with Crippen molar-refractivity contribution >= 4 is 32.3 Å². The van der Waals surface area contributed by atoms with Crippen molar-refractivity contribution in [1.29, 1.82) is 0 Å². The van der Waals surface area contributed by atoms with E-state index >= 15 is 0 Å². The van der Waals surface area contributed by atoms with Crippen LogP contribution in [0.2, 0.25) is 0 Å². The van der Waals surface area contributed by atoms with Crippen LogP contribution >= 0.6 is 0 Å². The van der Waals surface area contributed by atoms with Crippen LogP contribution in [0.5, 0.6) is 0 Å². The van der Waals surface area contributed by atoms with Gasteiger partial charge in [-0.1, -0.05) is 30.3 Å². The molecule has 5 heteroatoms. The molecule has 3 rings (SSSR count). The summed E-state index contributed by atoms with van der Waals surface area (Å²) in [4.78, 5) is 0. The van der Waals surface area contributed by atoms with Crippen molar-refractivity contribution in [2.45, 2.75) is 39.0 Å². The molecule has 0 atom stereocenters. The molecule has 1 aliphatic rings. The summed E-state index contributed by atoms with van der Waals surface area (Å²) in [5.41, 5.74) is 3.79. The minimum atomic E-state index is -3.88. The lowest BCUT2D eigenvalue weighted by Gasteiger charge is -2.15. The largest absolute Gasteiger partial charge is 0.286 e. The predicted molar refractivity (Wildman–Crippen MR) is 98.1 cm³/mol. The summed E-state index contributed by atoms with van der Waals surface area (Å²) in [6.45, 7) is 7.37. The van der Waals surface area contributed by atoms with Gasteiger partial charge in [-0.2, -0.15) is 13.0 Å². The van der Waals surface area contributed by atoms with Gasteiger partial charge in [0.25, 0.3) is 10.1 Å². The van der Waals surface area contributed by atoms with Gasteiger partial charge in [0.1, 0.15) is 6.54 Å². The van der Waals surface area contributed by atoms with Crippen molar-refractivity contribution in [2.24, 2.45) is 0 Å². The Morgan fingerprint density at radius 2 is 1.79 bits per heavy atom. The molecule has 0 saturated carbocycles. The monoisotopic (exact) mass is 346 g/mol. The molecule has 0 saturated heterocycles. The smallest absolute Gasteiger partial charge is 0.264 e. The molecule has 0 fully saturated rings. The Hall–Kier alpha value is -1.72. The molecule has 0 unspecified atom stereocenters. The minimum absolute atomic E-state index is 0.0393. The molecule has 2 aromatic carbocycles. The van der Waals surface area contributed by atoms with Gasteiger partial charge in [0, 0.05) is 18.9 Å².